The van der Waals surface area contributed by atoms with Crippen molar-refractivity contribution in [2.24, 2.45) is 0 Å². The van der Waals surface area contributed by atoms with Crippen LogP contribution in [-0.2, 0) is 6.54 Å². The molecule has 0 aliphatic rings. The first-order valence-electron chi connectivity index (χ1n) is 5.31. The number of nitrogens with two attached hydrogens (primary N) is 1. The third-order valence-corrected chi connectivity index (χ3v) is 2.35. The van der Waals surface area contributed by atoms with Crippen LogP contribution < -0.4 is 15.8 Å². The van der Waals surface area contributed by atoms with Gasteiger partial charge in [0.2, 0.25) is 0 Å². The number of ether oxygens (including phenoxy) is 1. The van der Waals surface area contributed by atoms with Gasteiger partial charge in [0, 0.05) is 23.4 Å². The predicted molar refractivity (Wildman–Crippen MR) is 65.1 cm³/mol. The number of nitrogens with zero attached hydrogens (tertiary/aromatic N) is 1. The number of carbonyl (C=O) groups excluding carboxylic acids is 1. The molecular weight excluding hydrogens is 234 g/mol. The Hall–Kier alpha value is -2.50. The minimum Gasteiger partial charge on any atom is -0.497 e. The molecule has 1 amide bonds. The van der Waals surface area contributed by atoms with E-state index in [1.807, 2.05) is 0 Å². The van der Waals surface area contributed by atoms with Crippen LogP contribution >= 0.6 is 0 Å². The molecule has 0 fully saturated rings. The van der Waals surface area contributed by atoms with Crippen LogP contribution in [0.15, 0.2) is 35.1 Å². The lowest BCUT2D eigenvalue weighted by Crippen LogP contribution is -2.23. The van der Waals surface area contributed by atoms with Crippen molar-refractivity contribution in [1.29, 1.82) is 0 Å². The Morgan fingerprint density at radius 3 is 3.00 bits per heavy atom. The molecule has 0 aliphatic heterocycles. The van der Waals surface area contributed by atoms with Crippen molar-refractivity contribution in [2.45, 2.75) is 6.54 Å². The number of amides is 1. The van der Waals surface area contributed by atoms with Gasteiger partial charge in [-0.15, -0.1) is 0 Å². The third kappa shape index (κ3) is 2.79. The summed E-state index contributed by atoms with van der Waals surface area (Å²) in [5, 5.41) is 6.40. The summed E-state index contributed by atoms with van der Waals surface area (Å²) in [4.78, 5) is 11.9. The summed E-state index contributed by atoms with van der Waals surface area (Å²) in [5.74, 6) is 0.296. The fourth-order valence-electron chi connectivity index (χ4n) is 1.47. The van der Waals surface area contributed by atoms with E-state index in [9.17, 15) is 4.79 Å². The van der Waals surface area contributed by atoms with Crippen molar-refractivity contribution in [1.82, 2.24) is 10.5 Å². The van der Waals surface area contributed by atoms with Crippen LogP contribution in [-0.4, -0.2) is 18.2 Å². The highest BCUT2D eigenvalue weighted by Gasteiger charge is 2.08. The van der Waals surface area contributed by atoms with E-state index in [4.69, 9.17) is 10.5 Å². The van der Waals surface area contributed by atoms with Crippen molar-refractivity contribution in [3.05, 3.63) is 41.8 Å². The first kappa shape index (κ1) is 12.0. The molecule has 6 heteroatoms. The summed E-state index contributed by atoms with van der Waals surface area (Å²) in [6, 6.07) is 6.53. The van der Waals surface area contributed by atoms with E-state index in [-0.39, 0.29) is 5.91 Å². The van der Waals surface area contributed by atoms with Crippen molar-refractivity contribution in [3.8, 4) is 5.75 Å². The van der Waals surface area contributed by atoms with Crippen LogP contribution in [0.4, 0.5) is 5.69 Å². The molecule has 1 aromatic heterocycles. The van der Waals surface area contributed by atoms with Gasteiger partial charge in [0.05, 0.1) is 13.7 Å². The zero-order valence-corrected chi connectivity index (χ0v) is 9.84. The number of nitrogens with one attached hydrogen (secondary N) is 1. The van der Waals surface area contributed by atoms with E-state index >= 15 is 0 Å². The number of methoxy groups -OCH3 is 1. The Morgan fingerprint density at radius 1 is 1.50 bits per heavy atom. The molecule has 1 heterocycles. The van der Waals surface area contributed by atoms with Gasteiger partial charge in [-0.05, 0) is 12.1 Å². The van der Waals surface area contributed by atoms with E-state index in [0.29, 0.717) is 29.2 Å². The lowest BCUT2D eigenvalue weighted by atomic mass is 10.1. The second kappa shape index (κ2) is 5.22. The number of aromatic nitrogens is 1. The van der Waals surface area contributed by atoms with Gasteiger partial charge in [-0.25, -0.2) is 0 Å². The summed E-state index contributed by atoms with van der Waals surface area (Å²) in [5.41, 5.74) is 7.24. The minimum atomic E-state index is -0.247. The zero-order chi connectivity index (χ0) is 13.0. The van der Waals surface area contributed by atoms with Crippen molar-refractivity contribution in [2.75, 3.05) is 12.8 Å². The van der Waals surface area contributed by atoms with Crippen LogP contribution in [0.2, 0.25) is 0 Å². The maximum Gasteiger partial charge on any atom is 0.251 e. The summed E-state index contributed by atoms with van der Waals surface area (Å²) >= 11 is 0. The quantitative estimate of drug-likeness (QED) is 0.792. The van der Waals surface area contributed by atoms with Crippen LogP contribution in [0.25, 0.3) is 0 Å². The molecule has 2 rings (SSSR count). The average Bonchev–Trinajstić information content (AvgIpc) is 2.88. The number of anilines is 1. The second-order valence-electron chi connectivity index (χ2n) is 3.67. The Balaban J connectivity index is 2.06. The Kier molecular flexibility index (Phi) is 3.47. The van der Waals surface area contributed by atoms with Crippen LogP contribution in [0.1, 0.15) is 16.1 Å². The Bertz CT molecular complexity index is 538. The van der Waals surface area contributed by atoms with Crippen LogP contribution in [0, 0.1) is 0 Å². The third-order valence-electron chi connectivity index (χ3n) is 2.35. The van der Waals surface area contributed by atoms with Gasteiger partial charge in [0.25, 0.3) is 5.91 Å². The number of carbonyl (C=O) groups is 1. The van der Waals surface area contributed by atoms with Gasteiger partial charge < -0.3 is 20.3 Å². The first-order valence-corrected chi connectivity index (χ1v) is 5.31. The molecule has 0 saturated heterocycles. The molecule has 6 nitrogen and oxygen atoms in total. The largest absolute Gasteiger partial charge is 0.497 e. The predicted octanol–water partition coefficient (Wildman–Crippen LogP) is 1.20. The van der Waals surface area contributed by atoms with Gasteiger partial charge in [-0.3, -0.25) is 4.79 Å². The van der Waals surface area contributed by atoms with E-state index in [1.54, 1.807) is 24.3 Å². The first-order chi connectivity index (χ1) is 8.69. The van der Waals surface area contributed by atoms with Crippen molar-refractivity contribution in [3.63, 3.8) is 0 Å². The molecule has 18 heavy (non-hydrogen) atoms. The maximum atomic E-state index is 11.9. The second-order valence-corrected chi connectivity index (χ2v) is 3.67. The normalized spacial score (nSPS) is 10.1. The minimum absolute atomic E-state index is 0.247. The van der Waals surface area contributed by atoms with E-state index in [1.165, 1.54) is 13.4 Å². The highest BCUT2D eigenvalue weighted by Crippen LogP contribution is 2.18. The van der Waals surface area contributed by atoms with E-state index in [2.05, 4.69) is 15.0 Å². The molecule has 94 valence electrons. The van der Waals surface area contributed by atoms with Crippen LogP contribution in [0.3, 0.4) is 0 Å². The van der Waals surface area contributed by atoms with E-state index < -0.39 is 0 Å². The number of benzene rings is 1. The lowest BCUT2D eigenvalue weighted by molar-refractivity contribution is 0.0950. The zero-order valence-electron chi connectivity index (χ0n) is 9.84. The molecule has 0 spiro atoms. The lowest BCUT2D eigenvalue weighted by Gasteiger charge is -2.06. The van der Waals surface area contributed by atoms with Gasteiger partial charge in [0.1, 0.15) is 17.7 Å². The molecule has 3 N–H and O–H groups in total. The average molecular weight is 247 g/mol. The Morgan fingerprint density at radius 2 is 2.33 bits per heavy atom. The Labute approximate surface area is 104 Å². The summed E-state index contributed by atoms with van der Waals surface area (Å²) in [7, 11) is 1.52. The fraction of sp³-hybridized carbons (Fsp3) is 0.167. The molecule has 0 bridgehead atoms. The van der Waals surface area contributed by atoms with Gasteiger partial charge in [0.15, 0.2) is 0 Å². The molecule has 0 radical (unpaired) electrons. The maximum absolute atomic E-state index is 11.9. The van der Waals surface area contributed by atoms with Gasteiger partial charge in [-0.2, -0.15) is 0 Å². The van der Waals surface area contributed by atoms with E-state index in [0.717, 1.165) is 0 Å². The highest BCUT2D eigenvalue weighted by atomic mass is 16.5. The summed E-state index contributed by atoms with van der Waals surface area (Å²) in [6.07, 6.45) is 1.45. The molecule has 0 aliphatic carbocycles. The highest BCUT2D eigenvalue weighted by molar-refractivity contribution is 5.95. The molecule has 0 saturated carbocycles. The molecule has 0 atom stereocenters. The molecule has 0 unspecified atom stereocenters. The SMILES string of the molecule is COc1cc(N)cc(C(=O)NCc2ccon2)c1. The fourth-order valence-corrected chi connectivity index (χ4v) is 1.47. The number of nitrogen functional groups attached to an aromatic ring is 1. The van der Waals surface area contributed by atoms with Crippen LogP contribution in [0.5, 0.6) is 5.75 Å². The van der Waals surface area contributed by atoms with Gasteiger partial charge in [-0.1, -0.05) is 5.16 Å². The van der Waals surface area contributed by atoms with Gasteiger partial charge >= 0.3 is 0 Å². The number of hydrogen-bond acceptors (Lipinski definition) is 5. The summed E-state index contributed by atoms with van der Waals surface area (Å²) < 4.78 is 9.72. The molecule has 2 aromatic rings. The molecular formula is C12H13N3O3. The van der Waals surface area contributed by atoms with Crippen molar-refractivity contribution < 1.29 is 14.1 Å². The topological polar surface area (TPSA) is 90.4 Å². The smallest absolute Gasteiger partial charge is 0.251 e. The van der Waals surface area contributed by atoms with Crippen molar-refractivity contribution >= 4 is 11.6 Å². The standard InChI is InChI=1S/C12H13N3O3/c1-17-11-5-8(4-9(13)6-11)12(16)14-7-10-2-3-18-15-10/h2-6H,7,13H2,1H3,(H,14,16). The monoisotopic (exact) mass is 247 g/mol. The number of hydrogen-bond donors (Lipinski definition) is 2. The molecule has 1 aromatic carbocycles. The summed E-state index contributed by atoms with van der Waals surface area (Å²) in [6.45, 7) is 0.298. The number of rotatable bonds is 4.